The number of ether oxygens (including phenoxy) is 1. The van der Waals surface area contributed by atoms with Crippen LogP contribution in [0.2, 0.25) is 0 Å². The molecule has 2 aromatic rings. The number of ketones is 1. The van der Waals surface area contributed by atoms with E-state index < -0.39 is 0 Å². The lowest BCUT2D eigenvalue weighted by molar-refractivity contribution is 0.0953. The fourth-order valence-corrected chi connectivity index (χ4v) is 2.40. The van der Waals surface area contributed by atoms with Crippen LogP contribution in [0, 0.1) is 0 Å². The highest BCUT2D eigenvalue weighted by molar-refractivity contribution is 6.01. The fraction of sp³-hybridized carbons (Fsp3) is 0.278. The Morgan fingerprint density at radius 1 is 1.00 bits per heavy atom. The Balaban J connectivity index is 1.71. The molecule has 1 heterocycles. The Morgan fingerprint density at radius 2 is 1.65 bits per heavy atom. The molecular weight excluding hydrogens is 248 g/mol. The van der Waals surface area contributed by atoms with Gasteiger partial charge in [-0.1, -0.05) is 68.4 Å². The summed E-state index contributed by atoms with van der Waals surface area (Å²) in [5.41, 5.74) is 3.11. The van der Waals surface area contributed by atoms with Crippen LogP contribution >= 0.6 is 0 Å². The average Bonchev–Trinajstić information content (AvgIpc) is 3.28. The topological polar surface area (TPSA) is 29.6 Å². The van der Waals surface area contributed by atoms with E-state index in [1.807, 2.05) is 30.3 Å². The highest BCUT2D eigenvalue weighted by atomic mass is 16.6. The van der Waals surface area contributed by atoms with Crippen LogP contribution < -0.4 is 0 Å². The maximum absolute atomic E-state index is 12.2. The van der Waals surface area contributed by atoms with Gasteiger partial charge in [0.25, 0.3) is 0 Å². The number of carbonyl (C=O) groups excluding carboxylic acids is 1. The summed E-state index contributed by atoms with van der Waals surface area (Å²) in [6, 6.07) is 17.7. The van der Waals surface area contributed by atoms with Gasteiger partial charge in [0.15, 0.2) is 11.9 Å². The molecular formula is C18H18O2. The normalized spacial score (nSPS) is 20.9. The molecule has 2 heteroatoms. The van der Waals surface area contributed by atoms with Gasteiger partial charge in [-0.15, -0.1) is 0 Å². The quantitative estimate of drug-likeness (QED) is 0.615. The Kier molecular flexibility index (Phi) is 3.41. The SMILES string of the molecule is CC(C)c1ccc(C2OC2C(=O)c2ccccc2)cc1. The molecule has 0 N–H and O–H groups in total. The summed E-state index contributed by atoms with van der Waals surface area (Å²) in [6.07, 6.45) is -0.397. The number of rotatable bonds is 4. The summed E-state index contributed by atoms with van der Waals surface area (Å²) in [7, 11) is 0. The Hall–Kier alpha value is -1.93. The standard InChI is InChI=1S/C18H18O2/c1-12(2)13-8-10-15(11-9-13)17-18(20-17)16(19)14-6-4-3-5-7-14/h3-12,17-18H,1-2H3. The van der Waals surface area contributed by atoms with Crippen LogP contribution in [0.3, 0.4) is 0 Å². The van der Waals surface area contributed by atoms with Crippen LogP contribution in [0.15, 0.2) is 54.6 Å². The minimum Gasteiger partial charge on any atom is -0.356 e. The van der Waals surface area contributed by atoms with Crippen molar-refractivity contribution in [1.82, 2.24) is 0 Å². The van der Waals surface area contributed by atoms with E-state index in [0.29, 0.717) is 5.92 Å². The van der Waals surface area contributed by atoms with Gasteiger partial charge in [-0.25, -0.2) is 0 Å². The van der Waals surface area contributed by atoms with E-state index in [0.717, 1.165) is 11.1 Å². The third-order valence-electron chi connectivity index (χ3n) is 3.74. The summed E-state index contributed by atoms with van der Waals surface area (Å²) >= 11 is 0. The van der Waals surface area contributed by atoms with Crippen LogP contribution in [0.4, 0.5) is 0 Å². The number of benzene rings is 2. The number of Topliss-reactive ketones (excluding diaryl/α,β-unsaturated/α-hetero) is 1. The second kappa shape index (κ2) is 5.22. The van der Waals surface area contributed by atoms with E-state index in [2.05, 4.69) is 38.1 Å². The van der Waals surface area contributed by atoms with E-state index >= 15 is 0 Å². The molecule has 2 atom stereocenters. The molecule has 2 aromatic carbocycles. The maximum atomic E-state index is 12.2. The molecule has 0 saturated carbocycles. The summed E-state index contributed by atoms with van der Waals surface area (Å²) in [5.74, 6) is 0.592. The van der Waals surface area contributed by atoms with Crippen molar-refractivity contribution < 1.29 is 9.53 Å². The Morgan fingerprint density at radius 3 is 2.25 bits per heavy atom. The zero-order valence-electron chi connectivity index (χ0n) is 11.7. The molecule has 0 aliphatic carbocycles. The predicted molar refractivity (Wildman–Crippen MR) is 78.9 cm³/mol. The molecule has 20 heavy (non-hydrogen) atoms. The van der Waals surface area contributed by atoms with Gasteiger partial charge in [0.1, 0.15) is 6.10 Å². The summed E-state index contributed by atoms with van der Waals surface area (Å²) in [4.78, 5) is 12.2. The van der Waals surface area contributed by atoms with Crippen molar-refractivity contribution in [2.75, 3.05) is 0 Å². The molecule has 0 spiro atoms. The summed E-state index contributed by atoms with van der Waals surface area (Å²) in [6.45, 7) is 4.34. The van der Waals surface area contributed by atoms with E-state index in [9.17, 15) is 4.79 Å². The van der Waals surface area contributed by atoms with Gasteiger partial charge in [-0.05, 0) is 17.0 Å². The minimum atomic E-state index is -0.317. The van der Waals surface area contributed by atoms with Crippen molar-refractivity contribution in [2.45, 2.75) is 32.0 Å². The molecule has 2 nitrogen and oxygen atoms in total. The molecule has 0 aromatic heterocycles. The number of hydrogen-bond donors (Lipinski definition) is 0. The highest BCUT2D eigenvalue weighted by Crippen LogP contribution is 2.40. The maximum Gasteiger partial charge on any atom is 0.194 e. The van der Waals surface area contributed by atoms with Crippen molar-refractivity contribution >= 4 is 5.78 Å². The van der Waals surface area contributed by atoms with Crippen molar-refractivity contribution in [2.24, 2.45) is 0 Å². The second-order valence-electron chi connectivity index (χ2n) is 5.53. The van der Waals surface area contributed by atoms with Gasteiger partial charge in [-0.3, -0.25) is 4.79 Å². The number of carbonyl (C=O) groups is 1. The van der Waals surface area contributed by atoms with Crippen molar-refractivity contribution in [1.29, 1.82) is 0 Å². The first kappa shape index (κ1) is 13.1. The first-order chi connectivity index (χ1) is 9.66. The van der Waals surface area contributed by atoms with Crippen LogP contribution in [0.1, 0.15) is 47.4 Å². The third-order valence-corrected chi connectivity index (χ3v) is 3.74. The Labute approximate surface area is 119 Å². The van der Waals surface area contributed by atoms with Crippen LogP contribution in [0.5, 0.6) is 0 Å². The van der Waals surface area contributed by atoms with Crippen molar-refractivity contribution in [3.63, 3.8) is 0 Å². The fourth-order valence-electron chi connectivity index (χ4n) is 2.40. The van der Waals surface area contributed by atoms with E-state index in [-0.39, 0.29) is 18.0 Å². The molecule has 102 valence electrons. The predicted octanol–water partition coefficient (Wildman–Crippen LogP) is 4.13. The minimum absolute atomic E-state index is 0.0727. The lowest BCUT2D eigenvalue weighted by atomic mass is 9.98. The first-order valence-corrected chi connectivity index (χ1v) is 7.01. The Bertz CT molecular complexity index is 599. The second-order valence-corrected chi connectivity index (χ2v) is 5.53. The van der Waals surface area contributed by atoms with Crippen LogP contribution in [-0.2, 0) is 4.74 Å². The number of epoxide rings is 1. The van der Waals surface area contributed by atoms with Gasteiger partial charge in [-0.2, -0.15) is 0 Å². The van der Waals surface area contributed by atoms with Gasteiger partial charge >= 0.3 is 0 Å². The molecule has 0 amide bonds. The van der Waals surface area contributed by atoms with Gasteiger partial charge in [0, 0.05) is 5.56 Å². The molecule has 0 bridgehead atoms. The lowest BCUT2D eigenvalue weighted by Gasteiger charge is -2.05. The van der Waals surface area contributed by atoms with Gasteiger partial charge in [0.2, 0.25) is 0 Å². The summed E-state index contributed by atoms with van der Waals surface area (Å²) in [5, 5.41) is 0. The largest absolute Gasteiger partial charge is 0.356 e. The third kappa shape index (κ3) is 2.52. The van der Waals surface area contributed by atoms with Crippen molar-refractivity contribution in [3.05, 3.63) is 71.3 Å². The zero-order valence-corrected chi connectivity index (χ0v) is 11.7. The van der Waals surface area contributed by atoms with Crippen molar-refractivity contribution in [3.8, 4) is 0 Å². The van der Waals surface area contributed by atoms with E-state index in [4.69, 9.17) is 4.74 Å². The monoisotopic (exact) mass is 266 g/mol. The van der Waals surface area contributed by atoms with E-state index in [1.54, 1.807) is 0 Å². The zero-order chi connectivity index (χ0) is 14.1. The first-order valence-electron chi connectivity index (χ1n) is 7.01. The molecule has 1 aliphatic rings. The molecule has 2 unspecified atom stereocenters. The molecule has 1 saturated heterocycles. The average molecular weight is 266 g/mol. The highest BCUT2D eigenvalue weighted by Gasteiger charge is 2.46. The van der Waals surface area contributed by atoms with Gasteiger partial charge < -0.3 is 4.74 Å². The smallest absolute Gasteiger partial charge is 0.194 e. The van der Waals surface area contributed by atoms with Crippen LogP contribution in [0.25, 0.3) is 0 Å². The van der Waals surface area contributed by atoms with Gasteiger partial charge in [0.05, 0.1) is 0 Å². The molecule has 1 fully saturated rings. The van der Waals surface area contributed by atoms with Crippen LogP contribution in [-0.4, -0.2) is 11.9 Å². The van der Waals surface area contributed by atoms with E-state index in [1.165, 1.54) is 5.56 Å². The summed E-state index contributed by atoms with van der Waals surface area (Å²) < 4.78 is 5.57. The molecule has 3 rings (SSSR count). The molecule has 0 radical (unpaired) electrons. The lowest BCUT2D eigenvalue weighted by Crippen LogP contribution is -2.07. The molecule has 1 aliphatic heterocycles. The number of hydrogen-bond acceptors (Lipinski definition) is 2.